The standard InChI is InChI=1S/C22H31N5/c1-5-7-12-23-21-18-14-16-10-9-11-20(27(3)4)17(16)15-19(18)22(26-25-21)24-13-8-6-2/h9-11,14-15H,5-8,12-13H2,1-4H3,(H,23,25)(H,24,26). The first-order chi connectivity index (χ1) is 13.2. The summed E-state index contributed by atoms with van der Waals surface area (Å²) in [6.07, 6.45) is 4.56. The van der Waals surface area contributed by atoms with E-state index in [0.717, 1.165) is 61.2 Å². The third kappa shape index (κ3) is 4.24. The number of fused-ring (bicyclic) bond motifs is 2. The van der Waals surface area contributed by atoms with Gasteiger partial charge < -0.3 is 15.5 Å². The van der Waals surface area contributed by atoms with Crippen molar-refractivity contribution in [2.75, 3.05) is 42.7 Å². The summed E-state index contributed by atoms with van der Waals surface area (Å²) in [4.78, 5) is 2.16. The molecule has 5 heteroatoms. The van der Waals surface area contributed by atoms with Crippen LogP contribution < -0.4 is 15.5 Å². The van der Waals surface area contributed by atoms with Crippen LogP contribution in [0.1, 0.15) is 39.5 Å². The lowest BCUT2D eigenvalue weighted by Crippen LogP contribution is -2.10. The molecule has 0 aliphatic rings. The minimum absolute atomic E-state index is 0.870. The Morgan fingerprint density at radius 3 is 1.96 bits per heavy atom. The molecule has 1 aromatic heterocycles. The van der Waals surface area contributed by atoms with Crippen LogP contribution in [-0.2, 0) is 0 Å². The number of anilines is 3. The second-order valence-electron chi connectivity index (χ2n) is 7.25. The number of aromatic nitrogens is 2. The van der Waals surface area contributed by atoms with Gasteiger partial charge in [-0.3, -0.25) is 0 Å². The van der Waals surface area contributed by atoms with Crippen LogP contribution in [0, 0.1) is 0 Å². The molecule has 3 aromatic rings. The summed E-state index contributed by atoms with van der Waals surface area (Å²) in [6, 6.07) is 10.9. The van der Waals surface area contributed by atoms with Crippen molar-refractivity contribution in [3.63, 3.8) is 0 Å². The first-order valence-corrected chi connectivity index (χ1v) is 10.0. The highest BCUT2D eigenvalue weighted by Crippen LogP contribution is 2.34. The molecule has 5 nitrogen and oxygen atoms in total. The van der Waals surface area contributed by atoms with Crippen LogP contribution >= 0.6 is 0 Å². The second-order valence-corrected chi connectivity index (χ2v) is 7.25. The molecule has 0 saturated carbocycles. The Morgan fingerprint density at radius 2 is 1.41 bits per heavy atom. The summed E-state index contributed by atoms with van der Waals surface area (Å²) in [5.41, 5.74) is 1.21. The molecule has 2 aromatic carbocycles. The van der Waals surface area contributed by atoms with Crippen molar-refractivity contribution in [2.24, 2.45) is 0 Å². The van der Waals surface area contributed by atoms with E-state index in [2.05, 4.69) is 84.0 Å². The summed E-state index contributed by atoms with van der Waals surface area (Å²) in [6.45, 7) is 6.22. The molecule has 0 saturated heterocycles. The maximum atomic E-state index is 4.50. The van der Waals surface area contributed by atoms with Crippen molar-refractivity contribution in [2.45, 2.75) is 39.5 Å². The van der Waals surface area contributed by atoms with E-state index in [4.69, 9.17) is 0 Å². The van der Waals surface area contributed by atoms with Gasteiger partial charge in [-0.25, -0.2) is 0 Å². The zero-order valence-electron chi connectivity index (χ0n) is 17.0. The molecule has 0 aliphatic heterocycles. The fraction of sp³-hybridized carbons (Fsp3) is 0.455. The number of benzene rings is 2. The number of nitrogens with zero attached hydrogens (tertiary/aromatic N) is 3. The lowest BCUT2D eigenvalue weighted by Gasteiger charge is -2.18. The van der Waals surface area contributed by atoms with Gasteiger partial charge in [-0.1, -0.05) is 38.8 Å². The Morgan fingerprint density at radius 1 is 0.815 bits per heavy atom. The van der Waals surface area contributed by atoms with Crippen LogP contribution in [0.3, 0.4) is 0 Å². The third-order valence-corrected chi connectivity index (χ3v) is 4.88. The summed E-state index contributed by atoms with van der Waals surface area (Å²) < 4.78 is 0. The summed E-state index contributed by atoms with van der Waals surface area (Å²) in [7, 11) is 4.17. The number of nitrogens with one attached hydrogen (secondary N) is 2. The van der Waals surface area contributed by atoms with Crippen molar-refractivity contribution >= 4 is 38.9 Å². The molecule has 3 rings (SSSR count). The molecule has 0 amide bonds. The molecule has 0 fully saturated rings. The fourth-order valence-electron chi connectivity index (χ4n) is 3.33. The van der Waals surface area contributed by atoms with Crippen LogP contribution in [-0.4, -0.2) is 37.4 Å². The highest BCUT2D eigenvalue weighted by Gasteiger charge is 2.12. The average Bonchev–Trinajstić information content (AvgIpc) is 2.67. The van der Waals surface area contributed by atoms with Crippen molar-refractivity contribution in [1.82, 2.24) is 10.2 Å². The van der Waals surface area contributed by atoms with Gasteiger partial charge >= 0.3 is 0 Å². The Hall–Kier alpha value is -2.56. The summed E-state index contributed by atoms with van der Waals surface area (Å²) in [5, 5.41) is 20.7. The SMILES string of the molecule is CCCCNc1nnc(NCCCC)c2cc3c(N(C)C)cccc3cc12. The lowest BCUT2D eigenvalue weighted by atomic mass is 10.0. The van der Waals surface area contributed by atoms with Gasteiger partial charge in [0, 0.05) is 49.0 Å². The number of rotatable bonds is 9. The van der Waals surface area contributed by atoms with Gasteiger partial charge in [0.1, 0.15) is 0 Å². The molecule has 1 heterocycles. The van der Waals surface area contributed by atoms with Gasteiger partial charge in [0.2, 0.25) is 0 Å². The molecular weight excluding hydrogens is 334 g/mol. The first kappa shape index (κ1) is 19.2. The maximum absolute atomic E-state index is 4.50. The Bertz CT molecular complexity index is 904. The lowest BCUT2D eigenvalue weighted by molar-refractivity contribution is 0.822. The minimum atomic E-state index is 0.870. The zero-order chi connectivity index (χ0) is 19.2. The zero-order valence-corrected chi connectivity index (χ0v) is 17.0. The molecule has 0 spiro atoms. The van der Waals surface area contributed by atoms with Gasteiger partial charge in [0.05, 0.1) is 0 Å². The first-order valence-electron chi connectivity index (χ1n) is 10.0. The highest BCUT2D eigenvalue weighted by atomic mass is 15.2. The van der Waals surface area contributed by atoms with E-state index in [1.165, 1.54) is 16.5 Å². The third-order valence-electron chi connectivity index (χ3n) is 4.88. The molecule has 0 bridgehead atoms. The molecule has 144 valence electrons. The normalized spacial score (nSPS) is 11.1. The Labute approximate surface area is 162 Å². The van der Waals surface area contributed by atoms with Crippen molar-refractivity contribution in [3.8, 4) is 0 Å². The van der Waals surface area contributed by atoms with Gasteiger partial charge in [0.25, 0.3) is 0 Å². The van der Waals surface area contributed by atoms with Gasteiger partial charge in [-0.2, -0.15) is 0 Å². The smallest absolute Gasteiger partial charge is 0.156 e. The van der Waals surface area contributed by atoms with E-state index in [-0.39, 0.29) is 0 Å². The molecule has 27 heavy (non-hydrogen) atoms. The van der Waals surface area contributed by atoms with Crippen LogP contribution in [0.4, 0.5) is 17.3 Å². The van der Waals surface area contributed by atoms with Crippen LogP contribution in [0.2, 0.25) is 0 Å². The summed E-state index contributed by atoms with van der Waals surface area (Å²) >= 11 is 0. The highest BCUT2D eigenvalue weighted by molar-refractivity contribution is 6.09. The number of hydrogen-bond donors (Lipinski definition) is 2. The molecule has 0 atom stereocenters. The quantitative estimate of drug-likeness (QED) is 0.399. The van der Waals surface area contributed by atoms with Crippen molar-refractivity contribution in [3.05, 3.63) is 30.3 Å². The summed E-state index contributed by atoms with van der Waals surface area (Å²) in [5.74, 6) is 1.74. The van der Waals surface area contributed by atoms with E-state index in [9.17, 15) is 0 Å². The minimum Gasteiger partial charge on any atom is -0.377 e. The van der Waals surface area contributed by atoms with E-state index in [1.807, 2.05) is 0 Å². The molecular formula is C22H31N5. The van der Waals surface area contributed by atoms with Crippen LogP contribution in [0.5, 0.6) is 0 Å². The second kappa shape index (κ2) is 8.89. The largest absolute Gasteiger partial charge is 0.377 e. The van der Waals surface area contributed by atoms with E-state index >= 15 is 0 Å². The Balaban J connectivity index is 2.15. The van der Waals surface area contributed by atoms with E-state index in [1.54, 1.807) is 0 Å². The fourth-order valence-corrected chi connectivity index (χ4v) is 3.33. The van der Waals surface area contributed by atoms with E-state index < -0.39 is 0 Å². The van der Waals surface area contributed by atoms with Crippen molar-refractivity contribution in [1.29, 1.82) is 0 Å². The monoisotopic (exact) mass is 365 g/mol. The Kier molecular flexibility index (Phi) is 6.32. The molecule has 0 radical (unpaired) electrons. The molecule has 0 aliphatic carbocycles. The predicted molar refractivity (Wildman–Crippen MR) is 118 cm³/mol. The predicted octanol–water partition coefficient (Wildman–Crippen LogP) is 5.27. The number of unbranched alkanes of at least 4 members (excludes halogenated alkanes) is 2. The topological polar surface area (TPSA) is 53.1 Å². The van der Waals surface area contributed by atoms with E-state index in [0.29, 0.717) is 0 Å². The van der Waals surface area contributed by atoms with Crippen LogP contribution in [0.15, 0.2) is 30.3 Å². The molecule has 2 N–H and O–H groups in total. The van der Waals surface area contributed by atoms with Gasteiger partial charge in [0.15, 0.2) is 11.6 Å². The van der Waals surface area contributed by atoms with Crippen molar-refractivity contribution < 1.29 is 0 Å². The maximum Gasteiger partial charge on any atom is 0.156 e. The average molecular weight is 366 g/mol. The van der Waals surface area contributed by atoms with Crippen LogP contribution in [0.25, 0.3) is 21.5 Å². The number of hydrogen-bond acceptors (Lipinski definition) is 5. The molecule has 0 unspecified atom stereocenters. The van der Waals surface area contributed by atoms with Gasteiger partial charge in [-0.15, -0.1) is 10.2 Å². The van der Waals surface area contributed by atoms with Gasteiger partial charge in [-0.05, 0) is 36.4 Å².